The Kier molecular flexibility index (Phi) is 3.78. The molecule has 108 valence electrons. The van der Waals surface area contributed by atoms with E-state index < -0.39 is 0 Å². The molecule has 1 unspecified atom stereocenters. The second kappa shape index (κ2) is 5.72. The molecule has 0 spiro atoms. The summed E-state index contributed by atoms with van der Waals surface area (Å²) < 4.78 is 6.12. The molecule has 2 aromatic rings. The maximum Gasteiger partial charge on any atom is 0.129 e. The highest BCUT2D eigenvalue weighted by Gasteiger charge is 2.22. The van der Waals surface area contributed by atoms with Gasteiger partial charge in [-0.3, -0.25) is 0 Å². The molecule has 1 aromatic carbocycles. The van der Waals surface area contributed by atoms with Crippen molar-refractivity contribution in [3.05, 3.63) is 59.5 Å². The van der Waals surface area contributed by atoms with Crippen molar-refractivity contribution in [1.82, 2.24) is 4.98 Å². The third-order valence-electron chi connectivity index (χ3n) is 3.85. The van der Waals surface area contributed by atoms with Crippen LogP contribution in [0.1, 0.15) is 49.1 Å². The van der Waals surface area contributed by atoms with Gasteiger partial charge in [0.25, 0.3) is 0 Å². The number of hydrogen-bond donors (Lipinski definition) is 0. The summed E-state index contributed by atoms with van der Waals surface area (Å²) in [4.78, 5) is 4.83. The Labute approximate surface area is 126 Å². The number of nitrogens with zero attached hydrogens (tertiary/aromatic N) is 1. The van der Waals surface area contributed by atoms with Crippen molar-refractivity contribution in [2.75, 3.05) is 0 Å². The summed E-state index contributed by atoms with van der Waals surface area (Å²) in [6.45, 7) is 8.13. The molecule has 0 radical (unpaired) electrons. The van der Waals surface area contributed by atoms with Crippen LogP contribution in [0.15, 0.2) is 42.7 Å². The van der Waals surface area contributed by atoms with Gasteiger partial charge >= 0.3 is 0 Å². The number of rotatable bonds is 4. The number of hydrogen-bond acceptors (Lipinski definition) is 2. The number of ether oxygens (including phenoxy) is 1. The van der Waals surface area contributed by atoms with Crippen LogP contribution >= 0.6 is 0 Å². The Bertz CT molecular complexity index is 715. The second-order valence-corrected chi connectivity index (χ2v) is 5.65. The summed E-state index contributed by atoms with van der Waals surface area (Å²) in [5, 5.41) is 1.18. The van der Waals surface area contributed by atoms with Crippen LogP contribution in [0.25, 0.3) is 17.0 Å². The van der Waals surface area contributed by atoms with E-state index in [0.717, 1.165) is 36.2 Å². The fourth-order valence-corrected chi connectivity index (χ4v) is 2.84. The summed E-state index contributed by atoms with van der Waals surface area (Å²) in [7, 11) is 0. The molecule has 0 saturated heterocycles. The maximum absolute atomic E-state index is 6.12. The lowest BCUT2D eigenvalue weighted by molar-refractivity contribution is 0.110. The van der Waals surface area contributed by atoms with Crippen molar-refractivity contribution in [2.45, 2.75) is 39.2 Å². The lowest BCUT2D eigenvalue weighted by atomic mass is 9.98. The van der Waals surface area contributed by atoms with Crippen molar-refractivity contribution in [1.29, 1.82) is 0 Å². The summed E-state index contributed by atoms with van der Waals surface area (Å²) in [5.41, 5.74) is 4.52. The van der Waals surface area contributed by atoms with Crippen LogP contribution in [-0.4, -0.2) is 4.98 Å². The minimum atomic E-state index is 0.0430. The van der Waals surface area contributed by atoms with Crippen LogP contribution in [0.3, 0.4) is 0 Å². The standard InChI is InChI=1S/C19H21NO/c1-4-6-15-12-18-16(19(21-15)7-5-2)11-14-10-13(3)8-9-17(14)20-18/h5,8-12,19H,2,4,6-7H2,1,3H3. The van der Waals surface area contributed by atoms with Gasteiger partial charge in [0.05, 0.1) is 17.0 Å². The van der Waals surface area contributed by atoms with Crippen LogP contribution in [0.5, 0.6) is 0 Å². The molecule has 2 heteroatoms. The number of aryl methyl sites for hydroxylation is 1. The number of pyridine rings is 1. The molecule has 1 aliphatic rings. The van der Waals surface area contributed by atoms with E-state index in [-0.39, 0.29) is 6.10 Å². The quantitative estimate of drug-likeness (QED) is 0.705. The van der Waals surface area contributed by atoms with Gasteiger partial charge in [0.1, 0.15) is 6.10 Å². The largest absolute Gasteiger partial charge is 0.490 e. The molecule has 0 N–H and O–H groups in total. The molecule has 1 aromatic heterocycles. The lowest BCUT2D eigenvalue weighted by Gasteiger charge is -2.26. The highest BCUT2D eigenvalue weighted by molar-refractivity contribution is 5.82. The van der Waals surface area contributed by atoms with E-state index in [0.29, 0.717) is 0 Å². The normalized spacial score (nSPS) is 17.0. The van der Waals surface area contributed by atoms with Crippen molar-refractivity contribution in [3.63, 3.8) is 0 Å². The smallest absolute Gasteiger partial charge is 0.129 e. The van der Waals surface area contributed by atoms with E-state index in [1.807, 2.05) is 6.08 Å². The molecule has 2 heterocycles. The van der Waals surface area contributed by atoms with Crippen molar-refractivity contribution >= 4 is 17.0 Å². The van der Waals surface area contributed by atoms with Gasteiger partial charge in [0.2, 0.25) is 0 Å². The Morgan fingerprint density at radius 1 is 1.33 bits per heavy atom. The molecule has 1 atom stereocenters. The Balaban J connectivity index is 2.14. The van der Waals surface area contributed by atoms with Crippen LogP contribution < -0.4 is 0 Å². The molecule has 0 amide bonds. The van der Waals surface area contributed by atoms with Gasteiger partial charge in [-0.2, -0.15) is 0 Å². The molecule has 0 bridgehead atoms. The van der Waals surface area contributed by atoms with Crippen LogP contribution in [-0.2, 0) is 4.74 Å². The predicted octanol–water partition coefficient (Wildman–Crippen LogP) is 5.33. The van der Waals surface area contributed by atoms with E-state index in [4.69, 9.17) is 9.72 Å². The summed E-state index contributed by atoms with van der Waals surface area (Å²) in [6, 6.07) is 8.60. The molecule has 0 fully saturated rings. The highest BCUT2D eigenvalue weighted by Crippen LogP contribution is 2.36. The fraction of sp³-hybridized carbons (Fsp3) is 0.316. The lowest BCUT2D eigenvalue weighted by Crippen LogP contribution is -2.11. The van der Waals surface area contributed by atoms with Gasteiger partial charge in [-0.15, -0.1) is 6.58 Å². The average Bonchev–Trinajstić information content (AvgIpc) is 2.46. The molecule has 0 aliphatic carbocycles. The Morgan fingerprint density at radius 3 is 2.95 bits per heavy atom. The van der Waals surface area contributed by atoms with Crippen LogP contribution in [0, 0.1) is 6.92 Å². The second-order valence-electron chi connectivity index (χ2n) is 5.65. The van der Waals surface area contributed by atoms with Gasteiger partial charge in [-0.05, 0) is 31.5 Å². The number of benzene rings is 1. The van der Waals surface area contributed by atoms with Crippen molar-refractivity contribution in [3.8, 4) is 0 Å². The number of fused-ring (bicyclic) bond motifs is 2. The first-order valence-corrected chi connectivity index (χ1v) is 7.60. The number of aromatic nitrogens is 1. The monoisotopic (exact) mass is 279 g/mol. The van der Waals surface area contributed by atoms with Gasteiger partial charge in [-0.25, -0.2) is 4.98 Å². The van der Waals surface area contributed by atoms with E-state index in [1.165, 1.54) is 16.5 Å². The number of allylic oxidation sites excluding steroid dienone is 1. The van der Waals surface area contributed by atoms with Crippen molar-refractivity contribution in [2.24, 2.45) is 0 Å². The Hall–Kier alpha value is -2.09. The minimum Gasteiger partial charge on any atom is -0.490 e. The van der Waals surface area contributed by atoms with E-state index >= 15 is 0 Å². The fourth-order valence-electron chi connectivity index (χ4n) is 2.84. The van der Waals surface area contributed by atoms with Gasteiger partial charge in [-0.1, -0.05) is 24.6 Å². The van der Waals surface area contributed by atoms with Crippen LogP contribution in [0.4, 0.5) is 0 Å². The van der Waals surface area contributed by atoms with Crippen molar-refractivity contribution < 1.29 is 4.74 Å². The first-order chi connectivity index (χ1) is 10.2. The first-order valence-electron chi connectivity index (χ1n) is 7.60. The zero-order valence-corrected chi connectivity index (χ0v) is 12.7. The molecular weight excluding hydrogens is 258 g/mol. The van der Waals surface area contributed by atoms with Crippen LogP contribution in [0.2, 0.25) is 0 Å². The first kappa shape index (κ1) is 13.9. The molecule has 2 nitrogen and oxygen atoms in total. The molecule has 3 rings (SSSR count). The van der Waals surface area contributed by atoms with Gasteiger partial charge in [0, 0.05) is 29.9 Å². The topological polar surface area (TPSA) is 22.1 Å². The zero-order chi connectivity index (χ0) is 14.8. The third-order valence-corrected chi connectivity index (χ3v) is 3.85. The van der Waals surface area contributed by atoms with E-state index in [1.54, 1.807) is 0 Å². The predicted molar refractivity (Wildman–Crippen MR) is 88.0 cm³/mol. The third kappa shape index (κ3) is 2.71. The molecule has 1 aliphatic heterocycles. The van der Waals surface area contributed by atoms with Gasteiger partial charge < -0.3 is 4.74 Å². The van der Waals surface area contributed by atoms with E-state index in [2.05, 4.69) is 50.8 Å². The minimum absolute atomic E-state index is 0.0430. The zero-order valence-electron chi connectivity index (χ0n) is 12.7. The summed E-state index contributed by atoms with van der Waals surface area (Å²) in [5.74, 6) is 1.04. The van der Waals surface area contributed by atoms with Gasteiger partial charge in [0.15, 0.2) is 0 Å². The summed E-state index contributed by atoms with van der Waals surface area (Å²) in [6.07, 6.45) is 6.91. The van der Waals surface area contributed by atoms with E-state index in [9.17, 15) is 0 Å². The summed E-state index contributed by atoms with van der Waals surface area (Å²) >= 11 is 0. The Morgan fingerprint density at radius 2 is 2.19 bits per heavy atom. The average molecular weight is 279 g/mol. The molecular formula is C19H21NO. The highest BCUT2D eigenvalue weighted by atomic mass is 16.5. The SMILES string of the molecule is C=CCC1OC(CCC)=Cc2nc3ccc(C)cc3cc21. The molecule has 0 saturated carbocycles. The molecule has 21 heavy (non-hydrogen) atoms. The maximum atomic E-state index is 6.12.